The van der Waals surface area contributed by atoms with Gasteiger partial charge in [0.05, 0.1) is 36.7 Å². The van der Waals surface area contributed by atoms with Gasteiger partial charge >= 0.3 is 0 Å². The molecule has 5 heterocycles. The predicted octanol–water partition coefficient (Wildman–Crippen LogP) is 15.4. The summed E-state index contributed by atoms with van der Waals surface area (Å²) in [4.78, 5) is 19.2. The number of pyridine rings is 3. The molecule has 4 aromatic carbocycles. The van der Waals surface area contributed by atoms with Gasteiger partial charge in [-0.1, -0.05) is 146 Å². The molecule has 9 aromatic rings. The molecular formula is C59H63IrN5OSi-2. The zero-order valence-corrected chi connectivity index (χ0v) is 44.2. The van der Waals surface area contributed by atoms with Crippen LogP contribution in [-0.4, -0.2) is 32.6 Å². The maximum Gasteiger partial charge on any atom is 0.216 e. The molecule has 5 aromatic heterocycles. The van der Waals surface area contributed by atoms with Crippen LogP contribution >= 0.6 is 0 Å². The van der Waals surface area contributed by atoms with Crippen LogP contribution in [0.3, 0.4) is 0 Å². The van der Waals surface area contributed by atoms with E-state index in [9.17, 15) is 0 Å². The molecule has 1 aliphatic rings. The van der Waals surface area contributed by atoms with Gasteiger partial charge in [-0.3, -0.25) is 9.97 Å². The third-order valence-corrected chi connectivity index (χ3v) is 15.5. The van der Waals surface area contributed by atoms with E-state index in [1.54, 1.807) is 16.9 Å². The van der Waals surface area contributed by atoms with E-state index >= 15 is 0 Å². The fraction of sp³-hybridized carbons (Fsp3) is 0.322. The van der Waals surface area contributed by atoms with Crippen molar-refractivity contribution in [2.75, 3.05) is 0 Å². The van der Waals surface area contributed by atoms with Crippen molar-refractivity contribution in [1.29, 1.82) is 0 Å². The molecule has 0 spiro atoms. The Bertz CT molecular complexity index is 3130. The number of rotatable bonds is 10. The van der Waals surface area contributed by atoms with Crippen LogP contribution in [0.5, 0.6) is 0 Å². The third kappa shape index (κ3) is 9.63. The van der Waals surface area contributed by atoms with Crippen molar-refractivity contribution in [2.45, 2.75) is 118 Å². The predicted molar refractivity (Wildman–Crippen MR) is 278 cm³/mol. The molecule has 8 heteroatoms. The van der Waals surface area contributed by atoms with E-state index in [1.807, 2.05) is 30.6 Å². The second kappa shape index (κ2) is 20.0. The standard InChI is InChI=1S/C39H37N4O.C20H26NSi.Ir/c1-22(2)28-15-16-30(37-34(28)29-14-11-17-41-39(29)44-37)38-42-33-21-40-20-25(7)35(33)43(38)36-31(23(3)4)18-27(19-32(36)24(5)6)26-12-9-8-10-13-26;1-22(2,3)20-15-21-19(17-11-5-4-6-12-17)14-18(20)13-16-9-7-8-10-16;/h8-15,17-24H,1-7H3;4-6,11,14-16H,7-10,13H2,1-3H3;/q2*-1;. The van der Waals surface area contributed by atoms with Crippen molar-refractivity contribution in [3.8, 4) is 39.5 Å². The van der Waals surface area contributed by atoms with Crippen LogP contribution < -0.4 is 5.19 Å². The third-order valence-electron chi connectivity index (χ3n) is 13.5. The Morgan fingerprint density at radius 2 is 1.46 bits per heavy atom. The summed E-state index contributed by atoms with van der Waals surface area (Å²) in [7, 11) is -1.35. The van der Waals surface area contributed by atoms with Crippen molar-refractivity contribution in [3.63, 3.8) is 0 Å². The molecule has 0 bridgehead atoms. The van der Waals surface area contributed by atoms with Crippen molar-refractivity contribution < 1.29 is 24.5 Å². The number of furan rings is 1. The minimum absolute atomic E-state index is 0. The molecular weight excluding hydrogens is 1010 g/mol. The molecule has 1 fully saturated rings. The van der Waals surface area contributed by atoms with Crippen LogP contribution in [0.15, 0.2) is 120 Å². The quantitative estimate of drug-likeness (QED) is 0.101. The minimum atomic E-state index is -1.35. The zero-order chi connectivity index (χ0) is 46.3. The molecule has 67 heavy (non-hydrogen) atoms. The Labute approximate surface area is 412 Å². The first-order valence-electron chi connectivity index (χ1n) is 24.0. The van der Waals surface area contributed by atoms with Gasteiger partial charge in [0.2, 0.25) is 5.71 Å². The first-order valence-corrected chi connectivity index (χ1v) is 27.5. The Balaban J connectivity index is 0.000000223. The van der Waals surface area contributed by atoms with Crippen molar-refractivity contribution in [2.24, 2.45) is 5.92 Å². The van der Waals surface area contributed by atoms with E-state index < -0.39 is 8.07 Å². The smallest absolute Gasteiger partial charge is 0.216 e. The van der Waals surface area contributed by atoms with Gasteiger partial charge in [-0.25, -0.2) is 4.98 Å². The molecule has 0 N–H and O–H groups in total. The minimum Gasteiger partial charge on any atom is -0.486 e. The monoisotopic (exact) mass is 1080 g/mol. The Morgan fingerprint density at radius 3 is 2.12 bits per heavy atom. The number of nitrogens with zero attached hydrogens (tertiary/aromatic N) is 5. The van der Waals surface area contributed by atoms with Crippen LogP contribution in [0.1, 0.15) is 113 Å². The van der Waals surface area contributed by atoms with Gasteiger partial charge in [0, 0.05) is 49.8 Å². The zero-order valence-electron chi connectivity index (χ0n) is 40.8. The van der Waals surface area contributed by atoms with E-state index in [4.69, 9.17) is 14.4 Å². The summed E-state index contributed by atoms with van der Waals surface area (Å²) in [6, 6.07) is 39.0. The molecule has 0 unspecified atom stereocenters. The summed E-state index contributed by atoms with van der Waals surface area (Å²) in [5.74, 6) is 2.50. The van der Waals surface area contributed by atoms with Crippen LogP contribution in [0, 0.1) is 25.0 Å². The van der Waals surface area contributed by atoms with Crippen LogP contribution in [-0.2, 0) is 26.5 Å². The first-order chi connectivity index (χ1) is 31.8. The Morgan fingerprint density at radius 1 is 0.761 bits per heavy atom. The average molecular weight is 1080 g/mol. The SMILES string of the molecule is C[Si](C)(C)c1cnc(-c2[c-]cccc2)cc1CC1CCCC1.Cc1cncc2nc(-c3[c-]cc(C(C)C)c4c3oc3ncccc34)n(-c3c(C(C)C)cc(-c4ccccc4)cc3C(C)C)c12.[Ir]. The summed E-state index contributed by atoms with van der Waals surface area (Å²) in [5.41, 5.74) is 16.3. The molecule has 1 saturated carbocycles. The molecule has 345 valence electrons. The van der Waals surface area contributed by atoms with E-state index in [0.29, 0.717) is 11.6 Å². The van der Waals surface area contributed by atoms with Gasteiger partial charge < -0.3 is 14.0 Å². The summed E-state index contributed by atoms with van der Waals surface area (Å²) in [5, 5.41) is 3.64. The number of hydrogen-bond acceptors (Lipinski definition) is 5. The van der Waals surface area contributed by atoms with Crippen molar-refractivity contribution in [3.05, 3.63) is 156 Å². The number of fused-ring (bicyclic) bond motifs is 4. The number of aromatic nitrogens is 5. The molecule has 0 aliphatic heterocycles. The van der Waals surface area contributed by atoms with Gasteiger partial charge in [0.25, 0.3) is 0 Å². The van der Waals surface area contributed by atoms with E-state index in [2.05, 4.69) is 174 Å². The number of benzene rings is 4. The largest absolute Gasteiger partial charge is 0.486 e. The molecule has 10 rings (SSSR count). The number of hydrogen-bond donors (Lipinski definition) is 0. The summed E-state index contributed by atoms with van der Waals surface area (Å²) in [6.45, 7) is 22.9. The normalized spacial score (nSPS) is 13.3. The summed E-state index contributed by atoms with van der Waals surface area (Å²) >= 11 is 0. The maximum atomic E-state index is 6.57. The van der Waals surface area contributed by atoms with E-state index in [-0.39, 0.29) is 31.9 Å². The summed E-state index contributed by atoms with van der Waals surface area (Å²) < 4.78 is 8.92. The second-order valence-electron chi connectivity index (χ2n) is 20.3. The number of imidazole rings is 1. The molecule has 0 saturated heterocycles. The molecule has 0 atom stereocenters. The topological polar surface area (TPSA) is 69.6 Å². The first kappa shape index (κ1) is 47.9. The van der Waals surface area contributed by atoms with Crippen LogP contribution in [0.4, 0.5) is 0 Å². The molecule has 1 aliphatic carbocycles. The van der Waals surface area contributed by atoms with E-state index in [1.165, 1.54) is 65.6 Å². The molecule has 0 amide bonds. The van der Waals surface area contributed by atoms with Crippen molar-refractivity contribution >= 4 is 46.4 Å². The van der Waals surface area contributed by atoms with Gasteiger partial charge in [-0.2, -0.15) is 0 Å². The maximum absolute atomic E-state index is 6.57. The second-order valence-corrected chi connectivity index (χ2v) is 25.4. The van der Waals surface area contributed by atoms with Gasteiger partial charge in [-0.15, -0.1) is 53.6 Å². The van der Waals surface area contributed by atoms with Gasteiger partial charge in [0.1, 0.15) is 0 Å². The van der Waals surface area contributed by atoms with Gasteiger partial charge in [-0.05, 0) is 94.1 Å². The Hall–Kier alpha value is -5.53. The fourth-order valence-corrected chi connectivity index (χ4v) is 11.6. The van der Waals surface area contributed by atoms with E-state index in [0.717, 1.165) is 61.5 Å². The summed E-state index contributed by atoms with van der Waals surface area (Å²) in [6.07, 6.45) is 14.6. The Kier molecular flexibility index (Phi) is 14.3. The molecule has 6 nitrogen and oxygen atoms in total. The van der Waals surface area contributed by atoms with Crippen molar-refractivity contribution in [1.82, 2.24) is 24.5 Å². The fourth-order valence-electron chi connectivity index (χ4n) is 10.1. The van der Waals surface area contributed by atoms with Gasteiger partial charge in [0.15, 0.2) is 0 Å². The van der Waals surface area contributed by atoms with Crippen LogP contribution in [0.2, 0.25) is 19.6 Å². The molecule has 1 radical (unpaired) electrons. The van der Waals surface area contributed by atoms with Crippen LogP contribution in [0.25, 0.3) is 72.6 Å². The average Bonchev–Trinajstić information content (AvgIpc) is 4.07. The number of aryl methyl sites for hydroxylation is 1.